The van der Waals surface area contributed by atoms with Gasteiger partial charge in [0, 0.05) is 12.7 Å². The summed E-state index contributed by atoms with van der Waals surface area (Å²) in [6.45, 7) is 2.41. The van der Waals surface area contributed by atoms with Crippen molar-refractivity contribution in [3.05, 3.63) is 108 Å². The number of rotatable bonds is 15. The maximum Gasteiger partial charge on any atom is 0.329 e. The number of aliphatic hydroxyl groups is 1. The zero-order valence-electron chi connectivity index (χ0n) is 24.4. The van der Waals surface area contributed by atoms with Gasteiger partial charge >= 0.3 is 5.97 Å². The average molecular weight is 610 g/mol. The molecule has 0 aromatic heterocycles. The summed E-state index contributed by atoms with van der Waals surface area (Å²) >= 11 is 1.20. The molecule has 0 bridgehead atoms. The predicted molar refractivity (Wildman–Crippen MR) is 163 cm³/mol. The summed E-state index contributed by atoms with van der Waals surface area (Å²) in [5, 5.41) is 14.2. The van der Waals surface area contributed by atoms with E-state index in [2.05, 4.69) is 5.32 Å². The fourth-order valence-corrected chi connectivity index (χ4v) is 5.88. The first-order valence-electron chi connectivity index (χ1n) is 14.2. The van der Waals surface area contributed by atoms with Gasteiger partial charge in [-0.2, -0.15) is 0 Å². The number of benzene rings is 3. The topological polar surface area (TPSA) is 113 Å². The van der Waals surface area contributed by atoms with E-state index in [4.69, 9.17) is 23.7 Å². The smallest absolute Gasteiger partial charge is 0.329 e. The van der Waals surface area contributed by atoms with Crippen LogP contribution in [0.25, 0.3) is 0 Å². The molecule has 0 radical (unpaired) electrons. The number of aliphatic hydroxyl groups excluding tert-OH is 1. The molecule has 1 saturated heterocycles. The molecule has 0 spiro atoms. The number of hydrogen-bond donors (Lipinski definition) is 2. The van der Waals surface area contributed by atoms with E-state index in [1.54, 1.807) is 0 Å². The number of thioether (sulfide) groups is 1. The SMILES string of the molecule is COC(=O)[C@H](CS[C@@H]1O[C@H](COCc2ccccc2)[C@@H](OCc2ccccc2)[C@H](OCc2ccccc2)[C@H]1O)NC(C)=O. The third kappa shape index (κ3) is 10.2. The van der Waals surface area contributed by atoms with Crippen LogP contribution in [-0.2, 0) is 53.1 Å². The minimum Gasteiger partial charge on any atom is -0.467 e. The lowest BCUT2D eigenvalue weighted by molar-refractivity contribution is -0.243. The van der Waals surface area contributed by atoms with Crippen LogP contribution in [0, 0.1) is 0 Å². The molecule has 1 heterocycles. The number of hydrogen-bond acceptors (Lipinski definition) is 9. The van der Waals surface area contributed by atoms with Gasteiger partial charge in [0.25, 0.3) is 0 Å². The van der Waals surface area contributed by atoms with Crippen LogP contribution in [0.2, 0.25) is 0 Å². The highest BCUT2D eigenvalue weighted by molar-refractivity contribution is 7.99. The maximum absolute atomic E-state index is 12.3. The molecule has 1 aliphatic rings. The van der Waals surface area contributed by atoms with Crippen LogP contribution in [0.3, 0.4) is 0 Å². The van der Waals surface area contributed by atoms with Gasteiger partial charge in [-0.15, -0.1) is 11.8 Å². The quantitative estimate of drug-likeness (QED) is 0.248. The first-order chi connectivity index (χ1) is 20.9. The molecule has 0 saturated carbocycles. The third-order valence-corrected chi connectivity index (χ3v) is 8.11. The van der Waals surface area contributed by atoms with Crippen LogP contribution in [0.4, 0.5) is 0 Å². The molecule has 3 aromatic carbocycles. The summed E-state index contributed by atoms with van der Waals surface area (Å²) in [4.78, 5) is 24.0. The Morgan fingerprint density at radius 2 is 1.35 bits per heavy atom. The highest BCUT2D eigenvalue weighted by atomic mass is 32.2. The second-order valence-corrected chi connectivity index (χ2v) is 11.3. The van der Waals surface area contributed by atoms with Crippen molar-refractivity contribution in [1.29, 1.82) is 0 Å². The minimum atomic E-state index is -1.12. The Morgan fingerprint density at radius 1 is 0.837 bits per heavy atom. The van der Waals surface area contributed by atoms with Crippen LogP contribution in [0.15, 0.2) is 91.0 Å². The monoisotopic (exact) mass is 609 g/mol. The number of carbonyl (C=O) groups excluding carboxylic acids is 2. The summed E-state index contributed by atoms with van der Waals surface area (Å²) in [7, 11) is 1.26. The van der Waals surface area contributed by atoms with Crippen LogP contribution in [-0.4, -0.2) is 72.3 Å². The van der Waals surface area contributed by atoms with Gasteiger partial charge in [-0.1, -0.05) is 91.0 Å². The Hall–Kier alpha value is -3.25. The van der Waals surface area contributed by atoms with Crippen molar-refractivity contribution in [3.8, 4) is 0 Å². The molecule has 0 unspecified atom stereocenters. The lowest BCUT2D eigenvalue weighted by atomic mass is 9.99. The van der Waals surface area contributed by atoms with Gasteiger partial charge in [0.2, 0.25) is 5.91 Å². The Labute approximate surface area is 256 Å². The lowest BCUT2D eigenvalue weighted by Crippen LogP contribution is -2.60. The zero-order valence-corrected chi connectivity index (χ0v) is 25.2. The summed E-state index contributed by atoms with van der Waals surface area (Å²) in [5.74, 6) is -0.838. The number of esters is 1. The molecule has 1 amide bonds. The molecule has 4 rings (SSSR count). The minimum absolute atomic E-state index is 0.118. The van der Waals surface area contributed by atoms with E-state index in [1.807, 2.05) is 91.0 Å². The number of methoxy groups -OCH3 is 1. The van der Waals surface area contributed by atoms with Crippen molar-refractivity contribution >= 4 is 23.6 Å². The molecule has 1 aliphatic heterocycles. The van der Waals surface area contributed by atoms with Crippen molar-refractivity contribution in [2.24, 2.45) is 0 Å². The molecule has 230 valence electrons. The van der Waals surface area contributed by atoms with Gasteiger partial charge in [-0.05, 0) is 16.7 Å². The van der Waals surface area contributed by atoms with Crippen LogP contribution >= 0.6 is 11.8 Å². The van der Waals surface area contributed by atoms with Gasteiger partial charge < -0.3 is 34.1 Å². The molecule has 3 aromatic rings. The number of nitrogens with one attached hydrogen (secondary N) is 1. The van der Waals surface area contributed by atoms with E-state index in [0.717, 1.165) is 16.7 Å². The van der Waals surface area contributed by atoms with Crippen LogP contribution in [0.5, 0.6) is 0 Å². The summed E-state index contributed by atoms with van der Waals surface area (Å²) in [5.41, 5.74) is 2.12. The highest BCUT2D eigenvalue weighted by Crippen LogP contribution is 2.33. The molecule has 43 heavy (non-hydrogen) atoms. The van der Waals surface area contributed by atoms with Crippen LogP contribution < -0.4 is 5.32 Å². The largest absolute Gasteiger partial charge is 0.467 e. The Balaban J connectivity index is 1.55. The van der Waals surface area contributed by atoms with Crippen molar-refractivity contribution in [2.75, 3.05) is 19.5 Å². The fraction of sp³-hybridized carbons (Fsp3) is 0.394. The normalized spacial score (nSPS) is 22.4. The van der Waals surface area contributed by atoms with E-state index < -0.39 is 41.9 Å². The number of ether oxygens (including phenoxy) is 5. The first-order valence-corrected chi connectivity index (χ1v) is 15.2. The van der Waals surface area contributed by atoms with Gasteiger partial charge in [-0.25, -0.2) is 4.79 Å². The van der Waals surface area contributed by atoms with Gasteiger partial charge in [0.1, 0.15) is 35.9 Å². The molecule has 1 fully saturated rings. The van der Waals surface area contributed by atoms with Crippen molar-refractivity contribution < 1.29 is 38.4 Å². The second kappa shape index (κ2) is 17.1. The Bertz CT molecular complexity index is 1250. The van der Waals surface area contributed by atoms with E-state index in [9.17, 15) is 14.7 Å². The first kappa shape index (κ1) is 32.7. The molecule has 6 atom stereocenters. The predicted octanol–water partition coefficient (Wildman–Crippen LogP) is 3.87. The summed E-state index contributed by atoms with van der Waals surface area (Å²) < 4.78 is 30.1. The fourth-order valence-electron chi connectivity index (χ4n) is 4.71. The van der Waals surface area contributed by atoms with Crippen molar-refractivity contribution in [3.63, 3.8) is 0 Å². The Kier molecular flexibility index (Phi) is 13.0. The Morgan fingerprint density at radius 3 is 1.86 bits per heavy atom. The van der Waals surface area contributed by atoms with Gasteiger partial charge in [0.15, 0.2) is 0 Å². The standard InChI is InChI=1S/C33H39NO8S/c1-23(35)34-27(32(37)38-2)22-43-33-29(36)31(41-20-26-16-10-5-11-17-26)30(40-19-25-14-8-4-9-15-25)28(42-33)21-39-18-24-12-6-3-7-13-24/h3-17,27-31,33,36H,18-22H2,1-2H3,(H,34,35)/t27-,28+,29+,30+,31+,33-/m0/s1. The number of amides is 1. The van der Waals surface area contributed by atoms with E-state index in [1.165, 1.54) is 25.8 Å². The second-order valence-electron chi connectivity index (χ2n) is 10.2. The molecule has 2 N–H and O–H groups in total. The van der Waals surface area contributed by atoms with Gasteiger partial charge in [0.05, 0.1) is 33.5 Å². The van der Waals surface area contributed by atoms with Crippen molar-refractivity contribution in [1.82, 2.24) is 5.32 Å². The molecule has 9 nitrogen and oxygen atoms in total. The average Bonchev–Trinajstić information content (AvgIpc) is 3.03. The lowest BCUT2D eigenvalue weighted by Gasteiger charge is -2.44. The summed E-state index contributed by atoms with van der Waals surface area (Å²) in [6.07, 6.45) is -3.17. The van der Waals surface area contributed by atoms with Crippen molar-refractivity contribution in [2.45, 2.75) is 62.6 Å². The molecule has 10 heteroatoms. The van der Waals surface area contributed by atoms with E-state index in [-0.39, 0.29) is 31.5 Å². The molecular weight excluding hydrogens is 570 g/mol. The third-order valence-electron chi connectivity index (χ3n) is 6.87. The molecular formula is C33H39NO8S. The van der Waals surface area contributed by atoms with E-state index in [0.29, 0.717) is 6.61 Å². The maximum atomic E-state index is 12.3. The van der Waals surface area contributed by atoms with Gasteiger partial charge in [-0.3, -0.25) is 4.79 Å². The highest BCUT2D eigenvalue weighted by Gasteiger charge is 2.47. The van der Waals surface area contributed by atoms with Crippen LogP contribution in [0.1, 0.15) is 23.6 Å². The summed E-state index contributed by atoms with van der Waals surface area (Å²) in [6, 6.07) is 28.3. The number of carbonyl (C=O) groups is 2. The van der Waals surface area contributed by atoms with E-state index >= 15 is 0 Å². The molecule has 0 aliphatic carbocycles. The zero-order chi connectivity index (χ0) is 30.4.